The molecule has 3 aromatic carbocycles. The topological polar surface area (TPSA) is 131 Å². The number of rotatable bonds is 7. The molecule has 0 saturated carbocycles. The third-order valence-corrected chi connectivity index (χ3v) is 9.97. The third-order valence-electron chi connectivity index (χ3n) is 9.97. The first-order valence-electron chi connectivity index (χ1n) is 16.8. The average Bonchev–Trinajstić information content (AvgIpc) is 3.92. The summed E-state index contributed by atoms with van der Waals surface area (Å²) in [6.45, 7) is 9.19. The Balaban J connectivity index is 1.14. The Morgan fingerprint density at radius 2 is 1.49 bits per heavy atom. The summed E-state index contributed by atoms with van der Waals surface area (Å²) in [5.74, 6) is 1.04. The molecule has 10 nitrogen and oxygen atoms in total. The van der Waals surface area contributed by atoms with Gasteiger partial charge in [0.2, 0.25) is 5.89 Å². The van der Waals surface area contributed by atoms with Crippen LogP contribution in [0.2, 0.25) is 0 Å². The average molecular weight is 649 g/mol. The van der Waals surface area contributed by atoms with Gasteiger partial charge in [0, 0.05) is 43.5 Å². The van der Waals surface area contributed by atoms with E-state index in [2.05, 4.69) is 47.9 Å². The number of nitriles is 2. The third kappa shape index (κ3) is 5.74. The van der Waals surface area contributed by atoms with E-state index in [0.717, 1.165) is 77.1 Å². The lowest BCUT2D eigenvalue weighted by Crippen LogP contribution is -2.21. The van der Waals surface area contributed by atoms with Crippen LogP contribution in [-0.2, 0) is 13.1 Å². The van der Waals surface area contributed by atoms with Gasteiger partial charge in [-0.2, -0.15) is 10.5 Å². The van der Waals surface area contributed by atoms with Gasteiger partial charge in [0.25, 0.3) is 0 Å². The standard InChI is InChI=1S/C39H36N8O2/c1-24-31(7-5-9-33(24)37-43-38-29(19-41)16-27(22-47(38)44-37)21-46-14-11-30(48)23-46)32-8-6-10-34(25(32)2)39-42-35-17-26(20-45-12-3-4-13-45)15-28(18-40)36(35)49-39/h5-10,15-17,22,30,48H,3-4,11-14,20-21,23H2,1-2H3. The Bertz CT molecular complexity index is 2320. The fourth-order valence-electron chi connectivity index (χ4n) is 7.45. The SMILES string of the molecule is Cc1c(-c2nc3c(C#N)cc(CN4CCC(O)C4)cn3n2)cccc1-c1cccc(-c2nc3cc(CN4CCCC4)cc(C#N)c3o2)c1C. The highest BCUT2D eigenvalue weighted by molar-refractivity contribution is 5.85. The predicted octanol–water partition coefficient (Wildman–Crippen LogP) is 6.39. The Kier molecular flexibility index (Phi) is 7.93. The molecule has 0 spiro atoms. The van der Waals surface area contributed by atoms with Crippen LogP contribution < -0.4 is 0 Å². The number of hydrogen-bond acceptors (Lipinski definition) is 9. The molecule has 1 N–H and O–H groups in total. The number of aliphatic hydroxyl groups excluding tert-OH is 1. The van der Waals surface area contributed by atoms with Crippen molar-refractivity contribution >= 4 is 16.7 Å². The van der Waals surface area contributed by atoms with Crippen LogP contribution in [0.3, 0.4) is 0 Å². The van der Waals surface area contributed by atoms with Gasteiger partial charge >= 0.3 is 0 Å². The van der Waals surface area contributed by atoms with Gasteiger partial charge in [-0.3, -0.25) is 9.80 Å². The Hall–Kier alpha value is -5.39. The fourth-order valence-corrected chi connectivity index (χ4v) is 7.45. The summed E-state index contributed by atoms with van der Waals surface area (Å²) in [5.41, 5.74) is 10.6. The summed E-state index contributed by atoms with van der Waals surface area (Å²) < 4.78 is 8.00. The summed E-state index contributed by atoms with van der Waals surface area (Å²) in [6.07, 6.45) is 4.81. The highest BCUT2D eigenvalue weighted by atomic mass is 16.3. The van der Waals surface area contributed by atoms with Gasteiger partial charge in [-0.25, -0.2) is 14.5 Å². The number of hydrogen-bond donors (Lipinski definition) is 1. The van der Waals surface area contributed by atoms with Gasteiger partial charge in [0.05, 0.1) is 17.2 Å². The number of β-amino-alcohol motifs (C(OH)–C–C–N with tert-alkyl or cyclic N) is 1. The summed E-state index contributed by atoms with van der Waals surface area (Å²) in [5, 5.41) is 34.7. The van der Waals surface area contributed by atoms with Crippen molar-refractivity contribution in [1.82, 2.24) is 29.4 Å². The van der Waals surface area contributed by atoms with E-state index in [0.29, 0.717) is 52.7 Å². The lowest BCUT2D eigenvalue weighted by atomic mass is 9.91. The summed E-state index contributed by atoms with van der Waals surface area (Å²) in [4.78, 5) is 14.3. The van der Waals surface area contributed by atoms with E-state index < -0.39 is 0 Å². The van der Waals surface area contributed by atoms with Crippen LogP contribution in [0, 0.1) is 36.5 Å². The van der Waals surface area contributed by atoms with Gasteiger partial charge in [-0.1, -0.05) is 30.3 Å². The van der Waals surface area contributed by atoms with Crippen LogP contribution in [-0.4, -0.2) is 66.8 Å². The molecule has 0 amide bonds. The first-order valence-corrected chi connectivity index (χ1v) is 16.8. The zero-order chi connectivity index (χ0) is 33.6. The van der Waals surface area contributed by atoms with Crippen LogP contribution in [0.1, 0.15) is 52.6 Å². The molecule has 0 radical (unpaired) electrons. The second-order valence-corrected chi connectivity index (χ2v) is 13.3. The number of nitrogens with zero attached hydrogens (tertiary/aromatic N) is 8. The van der Waals surface area contributed by atoms with Crippen molar-refractivity contribution in [2.75, 3.05) is 26.2 Å². The van der Waals surface area contributed by atoms with E-state index in [9.17, 15) is 15.6 Å². The van der Waals surface area contributed by atoms with Gasteiger partial charge < -0.3 is 9.52 Å². The molecular formula is C39H36N8O2. The van der Waals surface area contributed by atoms with Gasteiger partial charge in [-0.15, -0.1) is 5.10 Å². The van der Waals surface area contributed by atoms with E-state index in [-0.39, 0.29) is 6.10 Å². The molecule has 0 aliphatic carbocycles. The first kappa shape index (κ1) is 30.9. The first-order chi connectivity index (χ1) is 23.9. The van der Waals surface area contributed by atoms with Crippen LogP contribution in [0.4, 0.5) is 0 Å². The second-order valence-electron chi connectivity index (χ2n) is 13.3. The Labute approximate surface area is 284 Å². The van der Waals surface area contributed by atoms with E-state index in [1.165, 1.54) is 12.8 Å². The van der Waals surface area contributed by atoms with Crippen molar-refractivity contribution in [3.8, 4) is 46.1 Å². The Morgan fingerprint density at radius 3 is 2.20 bits per heavy atom. The normalized spacial score (nSPS) is 16.9. The second kappa shape index (κ2) is 12.6. The molecule has 2 fully saturated rings. The quantitative estimate of drug-likeness (QED) is 0.209. The fraction of sp³-hybridized carbons (Fsp3) is 0.308. The predicted molar refractivity (Wildman–Crippen MR) is 186 cm³/mol. The molecular weight excluding hydrogens is 612 g/mol. The largest absolute Gasteiger partial charge is 0.435 e. The summed E-state index contributed by atoms with van der Waals surface area (Å²) in [6, 6.07) is 22.7. The minimum absolute atomic E-state index is 0.305. The number of likely N-dealkylation sites (tertiary alicyclic amines) is 2. The maximum absolute atomic E-state index is 9.97. The number of oxazole rings is 1. The molecule has 5 heterocycles. The highest BCUT2D eigenvalue weighted by Crippen LogP contribution is 2.37. The number of aromatic nitrogens is 4. The molecule has 10 heteroatoms. The molecule has 244 valence electrons. The minimum atomic E-state index is -0.305. The molecule has 6 aromatic rings. The molecule has 2 saturated heterocycles. The Morgan fingerprint density at radius 1 is 0.816 bits per heavy atom. The zero-order valence-electron chi connectivity index (χ0n) is 27.6. The van der Waals surface area contributed by atoms with E-state index in [1.807, 2.05) is 48.7 Å². The van der Waals surface area contributed by atoms with E-state index in [4.69, 9.17) is 19.5 Å². The highest BCUT2D eigenvalue weighted by Gasteiger charge is 2.23. The molecule has 1 unspecified atom stereocenters. The van der Waals surface area contributed by atoms with Crippen molar-refractivity contribution in [1.29, 1.82) is 10.5 Å². The molecule has 49 heavy (non-hydrogen) atoms. The van der Waals surface area contributed by atoms with Gasteiger partial charge in [0.15, 0.2) is 17.1 Å². The zero-order valence-corrected chi connectivity index (χ0v) is 27.6. The van der Waals surface area contributed by atoms with Gasteiger partial charge in [0.1, 0.15) is 17.7 Å². The van der Waals surface area contributed by atoms with Crippen molar-refractivity contribution in [3.05, 3.63) is 94.2 Å². The number of pyridine rings is 1. The summed E-state index contributed by atoms with van der Waals surface area (Å²) in [7, 11) is 0. The van der Waals surface area contributed by atoms with E-state index in [1.54, 1.807) is 4.52 Å². The molecule has 3 aromatic heterocycles. The number of benzene rings is 3. The molecule has 2 aliphatic rings. The van der Waals surface area contributed by atoms with Crippen molar-refractivity contribution in [2.45, 2.75) is 52.3 Å². The van der Waals surface area contributed by atoms with Crippen LogP contribution in [0.15, 0.2) is 65.2 Å². The van der Waals surface area contributed by atoms with E-state index >= 15 is 0 Å². The molecule has 0 bridgehead atoms. The maximum atomic E-state index is 9.97. The molecule has 8 rings (SSSR count). The number of aliphatic hydroxyl groups is 1. The van der Waals surface area contributed by atoms with Crippen molar-refractivity contribution in [3.63, 3.8) is 0 Å². The number of fused-ring (bicyclic) bond motifs is 2. The molecule has 1 atom stereocenters. The van der Waals surface area contributed by atoms with Crippen molar-refractivity contribution < 1.29 is 9.52 Å². The van der Waals surface area contributed by atoms with Crippen LogP contribution in [0.25, 0.3) is 50.7 Å². The lowest BCUT2D eigenvalue weighted by Gasteiger charge is -2.15. The lowest BCUT2D eigenvalue weighted by molar-refractivity contribution is 0.174. The van der Waals surface area contributed by atoms with Crippen LogP contribution >= 0.6 is 0 Å². The van der Waals surface area contributed by atoms with Crippen LogP contribution in [0.5, 0.6) is 0 Å². The van der Waals surface area contributed by atoms with Gasteiger partial charge in [-0.05, 0) is 104 Å². The molecule has 2 aliphatic heterocycles. The minimum Gasteiger partial charge on any atom is -0.435 e. The summed E-state index contributed by atoms with van der Waals surface area (Å²) >= 11 is 0. The maximum Gasteiger partial charge on any atom is 0.227 e. The van der Waals surface area contributed by atoms with Crippen molar-refractivity contribution in [2.24, 2.45) is 0 Å². The smallest absolute Gasteiger partial charge is 0.227 e. The monoisotopic (exact) mass is 648 g/mol.